The van der Waals surface area contributed by atoms with Crippen LogP contribution in [0.25, 0.3) is 22.2 Å². The van der Waals surface area contributed by atoms with Crippen molar-refractivity contribution in [3.8, 4) is 11.3 Å². The number of aryl methyl sites for hydroxylation is 1. The summed E-state index contributed by atoms with van der Waals surface area (Å²) in [5.41, 5.74) is 1.78. The van der Waals surface area contributed by atoms with Gasteiger partial charge in [-0.25, -0.2) is 13.8 Å². The Hall–Kier alpha value is -3.07. The summed E-state index contributed by atoms with van der Waals surface area (Å²) in [5, 5.41) is 9.89. The first-order chi connectivity index (χ1) is 15.5. The van der Waals surface area contributed by atoms with Crippen molar-refractivity contribution < 1.29 is 27.8 Å². The largest absolute Gasteiger partial charge is 0.481 e. The third kappa shape index (κ3) is 4.57. The molecule has 0 atom stereocenters. The molecule has 170 valence electrons. The second kappa shape index (κ2) is 9.60. The first-order valence-electron chi connectivity index (χ1n) is 10.6. The molecule has 0 saturated carbocycles. The quantitative estimate of drug-likeness (QED) is 0.503. The highest BCUT2D eigenvalue weighted by Crippen LogP contribution is 2.37. The molecular weight excluding hydrogens is 420 g/mol. The average Bonchev–Trinajstić information content (AvgIpc) is 3.27. The highest BCUT2D eigenvalue weighted by molar-refractivity contribution is 5.88. The van der Waals surface area contributed by atoms with Gasteiger partial charge in [0.05, 0.1) is 23.4 Å². The summed E-state index contributed by atoms with van der Waals surface area (Å²) < 4.78 is 37.8. The number of furan rings is 1. The average molecular weight is 445 g/mol. The lowest BCUT2D eigenvalue weighted by molar-refractivity contribution is -0.142. The molecule has 0 aliphatic carbocycles. The van der Waals surface area contributed by atoms with Crippen molar-refractivity contribution in [3.63, 3.8) is 0 Å². The molecule has 0 amide bonds. The first-order valence-corrected chi connectivity index (χ1v) is 10.6. The normalized spacial score (nSPS) is 15.1. The first kappa shape index (κ1) is 22.1. The van der Waals surface area contributed by atoms with Crippen molar-refractivity contribution in [2.75, 3.05) is 31.7 Å². The number of hydrogen-bond acceptors (Lipinski definition) is 6. The molecule has 1 aromatic carbocycles. The summed E-state index contributed by atoms with van der Waals surface area (Å²) in [5.74, 6) is -0.594. The van der Waals surface area contributed by atoms with E-state index in [0.717, 1.165) is 12.1 Å². The van der Waals surface area contributed by atoms with Crippen LogP contribution in [0.1, 0.15) is 36.9 Å². The molecule has 0 radical (unpaired) electrons. The Labute approximate surface area is 184 Å². The fraction of sp³-hybridized carbons (Fsp3) is 0.435. The summed E-state index contributed by atoms with van der Waals surface area (Å²) in [6.45, 7) is 1.61. The van der Waals surface area contributed by atoms with E-state index in [0.29, 0.717) is 61.4 Å². The number of carboxylic acids is 1. The van der Waals surface area contributed by atoms with E-state index in [1.165, 1.54) is 12.3 Å². The maximum absolute atomic E-state index is 13.7. The van der Waals surface area contributed by atoms with Crippen LogP contribution in [0.4, 0.5) is 14.6 Å². The van der Waals surface area contributed by atoms with E-state index in [-0.39, 0.29) is 17.1 Å². The Morgan fingerprint density at radius 3 is 2.81 bits per heavy atom. The molecule has 1 aliphatic rings. The number of halogens is 2. The minimum Gasteiger partial charge on any atom is -0.481 e. The molecule has 1 fully saturated rings. The van der Waals surface area contributed by atoms with Crippen LogP contribution >= 0.6 is 0 Å². The molecular formula is C23H25F2N3O4. The Morgan fingerprint density at radius 2 is 2.12 bits per heavy atom. The highest BCUT2D eigenvalue weighted by Gasteiger charge is 2.28. The number of methoxy groups -OCH3 is 1. The summed E-state index contributed by atoms with van der Waals surface area (Å²) in [4.78, 5) is 22.8. The lowest BCUT2D eigenvalue weighted by atomic mass is 9.96. The van der Waals surface area contributed by atoms with E-state index in [1.807, 2.05) is 4.90 Å². The van der Waals surface area contributed by atoms with E-state index in [4.69, 9.17) is 14.1 Å². The maximum Gasteiger partial charge on any atom is 0.306 e. The predicted molar refractivity (Wildman–Crippen MR) is 115 cm³/mol. The van der Waals surface area contributed by atoms with Gasteiger partial charge in [-0.1, -0.05) is 0 Å². The number of aromatic nitrogens is 2. The van der Waals surface area contributed by atoms with Crippen LogP contribution in [-0.2, 0) is 16.0 Å². The molecule has 32 heavy (non-hydrogen) atoms. The minimum absolute atomic E-state index is 0.164. The molecule has 0 spiro atoms. The Balaban J connectivity index is 1.74. The second-order valence-electron chi connectivity index (χ2n) is 7.93. The van der Waals surface area contributed by atoms with Gasteiger partial charge in [-0.3, -0.25) is 9.78 Å². The van der Waals surface area contributed by atoms with Crippen molar-refractivity contribution >= 4 is 22.8 Å². The zero-order valence-electron chi connectivity index (χ0n) is 17.8. The van der Waals surface area contributed by atoms with E-state index in [1.54, 1.807) is 25.4 Å². The highest BCUT2D eigenvalue weighted by atomic mass is 19.3. The van der Waals surface area contributed by atoms with Crippen LogP contribution in [0, 0.1) is 5.92 Å². The summed E-state index contributed by atoms with van der Waals surface area (Å²) in [6, 6.07) is 4.82. The molecule has 0 unspecified atom stereocenters. The molecule has 0 bridgehead atoms. The monoisotopic (exact) mass is 445 g/mol. The van der Waals surface area contributed by atoms with Gasteiger partial charge in [0.25, 0.3) is 6.43 Å². The lowest BCUT2D eigenvalue weighted by Crippen LogP contribution is -2.37. The van der Waals surface area contributed by atoms with Crippen molar-refractivity contribution in [2.24, 2.45) is 5.92 Å². The van der Waals surface area contributed by atoms with Gasteiger partial charge in [0.1, 0.15) is 11.3 Å². The summed E-state index contributed by atoms with van der Waals surface area (Å²) >= 11 is 0. The maximum atomic E-state index is 13.7. The molecule has 9 heteroatoms. The summed E-state index contributed by atoms with van der Waals surface area (Å²) in [7, 11) is 1.64. The van der Waals surface area contributed by atoms with Gasteiger partial charge in [0.2, 0.25) is 0 Å². The van der Waals surface area contributed by atoms with Crippen LogP contribution in [0.5, 0.6) is 0 Å². The van der Waals surface area contributed by atoms with Crippen molar-refractivity contribution in [1.29, 1.82) is 0 Å². The number of aliphatic carboxylic acids is 1. The van der Waals surface area contributed by atoms with Crippen molar-refractivity contribution in [2.45, 2.75) is 32.1 Å². The number of piperidine rings is 1. The van der Waals surface area contributed by atoms with Gasteiger partial charge in [-0.05, 0) is 43.9 Å². The number of alkyl halides is 2. The number of rotatable bonds is 8. The number of ether oxygens (including phenoxy) is 1. The number of carboxylic acid groups (broad SMARTS) is 1. The second-order valence-corrected chi connectivity index (χ2v) is 7.93. The van der Waals surface area contributed by atoms with Gasteiger partial charge in [-0.2, -0.15) is 0 Å². The Morgan fingerprint density at radius 1 is 1.34 bits per heavy atom. The molecule has 3 aromatic rings. The topological polar surface area (TPSA) is 88.7 Å². The number of anilines is 1. The van der Waals surface area contributed by atoms with E-state index in [9.17, 15) is 18.7 Å². The van der Waals surface area contributed by atoms with Gasteiger partial charge < -0.3 is 19.2 Å². The number of carbonyl (C=O) groups is 1. The smallest absolute Gasteiger partial charge is 0.306 e. The lowest BCUT2D eigenvalue weighted by Gasteiger charge is -2.32. The fourth-order valence-electron chi connectivity index (χ4n) is 4.10. The molecule has 2 aromatic heterocycles. The van der Waals surface area contributed by atoms with Gasteiger partial charge in [-0.15, -0.1) is 0 Å². The van der Waals surface area contributed by atoms with Gasteiger partial charge in [0.15, 0.2) is 5.82 Å². The van der Waals surface area contributed by atoms with Crippen LogP contribution in [0.15, 0.2) is 35.1 Å². The van der Waals surface area contributed by atoms with Crippen LogP contribution in [-0.4, -0.2) is 47.8 Å². The third-order valence-corrected chi connectivity index (χ3v) is 5.82. The Bertz CT molecular complexity index is 1090. The Kier molecular flexibility index (Phi) is 6.64. The third-order valence-electron chi connectivity index (χ3n) is 5.82. The standard InChI is InChI=1S/C23H25F2N3O4/c1-31-9-2-3-17-13-26-19(22(27-17)28-7-4-14(5-8-28)23(29)30)16-11-15-6-10-32-20(15)18(12-16)21(24)25/h6,10-14,21H,2-5,7-9H2,1H3,(H,29,30). The predicted octanol–water partition coefficient (Wildman–Crippen LogP) is 4.71. The molecule has 4 rings (SSSR count). The molecule has 3 heterocycles. The fourth-order valence-corrected chi connectivity index (χ4v) is 4.10. The van der Waals surface area contributed by atoms with Crippen LogP contribution in [0.3, 0.4) is 0 Å². The number of fused-ring (bicyclic) bond motifs is 1. The summed E-state index contributed by atoms with van der Waals surface area (Å²) in [6.07, 6.45) is 2.80. The minimum atomic E-state index is -2.69. The molecule has 1 saturated heterocycles. The van der Waals surface area contributed by atoms with Crippen LogP contribution < -0.4 is 4.90 Å². The van der Waals surface area contributed by atoms with E-state index >= 15 is 0 Å². The number of nitrogens with zero attached hydrogens (tertiary/aromatic N) is 3. The number of benzene rings is 1. The number of hydrogen-bond donors (Lipinski definition) is 1. The zero-order valence-corrected chi connectivity index (χ0v) is 17.8. The van der Waals surface area contributed by atoms with E-state index in [2.05, 4.69) is 4.98 Å². The van der Waals surface area contributed by atoms with Crippen LogP contribution in [0.2, 0.25) is 0 Å². The molecule has 1 N–H and O–H groups in total. The van der Waals surface area contributed by atoms with Crippen molar-refractivity contribution in [1.82, 2.24) is 9.97 Å². The molecule has 1 aliphatic heterocycles. The van der Waals surface area contributed by atoms with E-state index < -0.39 is 12.4 Å². The zero-order chi connectivity index (χ0) is 22.7. The van der Waals surface area contributed by atoms with Crippen molar-refractivity contribution in [3.05, 3.63) is 41.9 Å². The SMILES string of the molecule is COCCCc1cnc(-c2cc(C(F)F)c3occc3c2)c(N2CCC(C(=O)O)CC2)n1. The van der Waals surface area contributed by atoms with Gasteiger partial charge >= 0.3 is 5.97 Å². The molecule has 7 nitrogen and oxygen atoms in total. The van der Waals surface area contributed by atoms with Gasteiger partial charge in [0, 0.05) is 44.0 Å².